The Balaban J connectivity index is 2.12. The average Bonchev–Trinajstić information content (AvgIpc) is 2.54. The van der Waals surface area contributed by atoms with E-state index < -0.39 is 0 Å². The van der Waals surface area contributed by atoms with Gasteiger partial charge in [-0.25, -0.2) is 0 Å². The molecular weight excluding hydrogens is 306 g/mol. The first-order valence-electron chi connectivity index (χ1n) is 7.52. The van der Waals surface area contributed by atoms with Gasteiger partial charge in [0.05, 0.1) is 7.11 Å². The molecule has 0 radical (unpaired) electrons. The predicted molar refractivity (Wildman–Crippen MR) is 92.4 cm³/mol. The van der Waals surface area contributed by atoms with Crippen LogP contribution in [0.3, 0.4) is 0 Å². The van der Waals surface area contributed by atoms with Gasteiger partial charge in [0.1, 0.15) is 11.4 Å². The Bertz CT molecular complexity index is 734. The van der Waals surface area contributed by atoms with Crippen molar-refractivity contribution in [2.75, 3.05) is 12.4 Å². The van der Waals surface area contributed by atoms with Crippen LogP contribution in [0.2, 0.25) is 0 Å². The molecule has 6 heteroatoms. The molecule has 2 aromatic rings. The molecule has 6 nitrogen and oxygen atoms in total. The lowest BCUT2D eigenvalue weighted by Gasteiger charge is -2.20. The van der Waals surface area contributed by atoms with Gasteiger partial charge in [-0.1, -0.05) is 0 Å². The molecule has 0 atom stereocenters. The van der Waals surface area contributed by atoms with Gasteiger partial charge < -0.3 is 15.4 Å². The summed E-state index contributed by atoms with van der Waals surface area (Å²) in [7, 11) is 1.58. The highest BCUT2D eigenvalue weighted by Gasteiger charge is 2.17. The van der Waals surface area contributed by atoms with E-state index >= 15 is 0 Å². The van der Waals surface area contributed by atoms with Gasteiger partial charge in [-0.05, 0) is 57.2 Å². The molecule has 2 N–H and O–H groups in total. The molecule has 0 bridgehead atoms. The van der Waals surface area contributed by atoms with E-state index in [2.05, 4.69) is 15.6 Å². The summed E-state index contributed by atoms with van der Waals surface area (Å²) in [6.45, 7) is 5.64. The van der Waals surface area contributed by atoms with Crippen molar-refractivity contribution in [1.82, 2.24) is 10.3 Å². The molecule has 2 rings (SSSR count). The van der Waals surface area contributed by atoms with Crippen LogP contribution in [0.1, 0.15) is 41.6 Å². The van der Waals surface area contributed by atoms with Crippen molar-refractivity contribution in [3.8, 4) is 5.75 Å². The minimum atomic E-state index is -0.375. The first-order valence-corrected chi connectivity index (χ1v) is 7.52. The third kappa shape index (κ3) is 4.81. The summed E-state index contributed by atoms with van der Waals surface area (Å²) in [6.07, 6.45) is 1.44. The highest BCUT2D eigenvalue weighted by atomic mass is 16.5. The van der Waals surface area contributed by atoms with Gasteiger partial charge in [0.2, 0.25) is 0 Å². The van der Waals surface area contributed by atoms with Crippen LogP contribution in [0.15, 0.2) is 42.6 Å². The van der Waals surface area contributed by atoms with Gasteiger partial charge in [0.25, 0.3) is 11.8 Å². The first-order chi connectivity index (χ1) is 11.3. The van der Waals surface area contributed by atoms with E-state index in [0.29, 0.717) is 17.0 Å². The average molecular weight is 327 g/mol. The third-order valence-corrected chi connectivity index (χ3v) is 3.09. The number of ether oxygens (including phenoxy) is 1. The maximum atomic E-state index is 12.3. The van der Waals surface area contributed by atoms with E-state index in [9.17, 15) is 9.59 Å². The Labute approximate surface area is 141 Å². The van der Waals surface area contributed by atoms with Crippen molar-refractivity contribution in [3.63, 3.8) is 0 Å². The van der Waals surface area contributed by atoms with E-state index in [1.807, 2.05) is 20.8 Å². The van der Waals surface area contributed by atoms with E-state index in [-0.39, 0.29) is 23.0 Å². The van der Waals surface area contributed by atoms with Crippen molar-refractivity contribution in [2.24, 2.45) is 0 Å². The van der Waals surface area contributed by atoms with Crippen molar-refractivity contribution in [3.05, 3.63) is 53.9 Å². The highest BCUT2D eigenvalue weighted by molar-refractivity contribution is 6.05. The van der Waals surface area contributed by atoms with Crippen LogP contribution in [0.4, 0.5) is 5.69 Å². The van der Waals surface area contributed by atoms with E-state index in [0.717, 1.165) is 0 Å². The molecule has 2 amide bonds. The number of anilines is 1. The van der Waals surface area contributed by atoms with Crippen LogP contribution in [0.25, 0.3) is 0 Å². The predicted octanol–water partition coefficient (Wildman–Crippen LogP) is 2.87. The number of rotatable bonds is 4. The number of carbonyl (C=O) groups excluding carboxylic acids is 2. The molecule has 0 saturated carbocycles. The lowest BCUT2D eigenvalue weighted by atomic mass is 10.1. The zero-order chi connectivity index (χ0) is 17.7. The second kappa shape index (κ2) is 7.12. The molecule has 1 heterocycles. The number of hydrogen-bond donors (Lipinski definition) is 2. The van der Waals surface area contributed by atoms with Crippen LogP contribution in [0.5, 0.6) is 5.75 Å². The first kappa shape index (κ1) is 17.5. The largest absolute Gasteiger partial charge is 0.497 e. The molecule has 0 aliphatic carbocycles. The zero-order valence-electron chi connectivity index (χ0n) is 14.2. The summed E-state index contributed by atoms with van der Waals surface area (Å²) in [6, 6.07) is 10.0. The summed E-state index contributed by atoms with van der Waals surface area (Å²) in [5.41, 5.74) is 0.825. The Hall–Kier alpha value is -2.89. The lowest BCUT2D eigenvalue weighted by Crippen LogP contribution is -2.41. The minimum Gasteiger partial charge on any atom is -0.497 e. The molecule has 0 spiro atoms. The fraction of sp³-hybridized carbons (Fsp3) is 0.278. The monoisotopic (exact) mass is 327 g/mol. The summed E-state index contributed by atoms with van der Waals surface area (Å²) in [4.78, 5) is 28.5. The molecule has 0 fully saturated rings. The lowest BCUT2D eigenvalue weighted by molar-refractivity contribution is 0.0914. The van der Waals surface area contributed by atoms with E-state index in [1.54, 1.807) is 37.4 Å². The fourth-order valence-corrected chi connectivity index (χ4v) is 1.98. The van der Waals surface area contributed by atoms with Gasteiger partial charge in [0.15, 0.2) is 0 Å². The van der Waals surface area contributed by atoms with Crippen LogP contribution < -0.4 is 15.4 Å². The molecule has 0 aliphatic heterocycles. The number of amides is 2. The number of hydrogen-bond acceptors (Lipinski definition) is 4. The van der Waals surface area contributed by atoms with Crippen molar-refractivity contribution in [2.45, 2.75) is 26.3 Å². The molecule has 0 aliphatic rings. The molecule has 1 aromatic carbocycles. The summed E-state index contributed by atoms with van der Waals surface area (Å²) in [5, 5.41) is 5.59. The van der Waals surface area contributed by atoms with Gasteiger partial charge >= 0.3 is 0 Å². The molecule has 24 heavy (non-hydrogen) atoms. The second-order valence-corrected chi connectivity index (χ2v) is 6.32. The van der Waals surface area contributed by atoms with Crippen LogP contribution in [-0.2, 0) is 0 Å². The molecule has 126 valence electrons. The number of nitrogens with zero attached hydrogens (tertiary/aromatic N) is 1. The van der Waals surface area contributed by atoms with Gasteiger partial charge in [0, 0.05) is 23.0 Å². The Morgan fingerprint density at radius 3 is 2.29 bits per heavy atom. The number of nitrogens with one attached hydrogen (secondary N) is 2. The summed E-state index contributed by atoms with van der Waals surface area (Å²) in [5.74, 6) is 0.0759. The van der Waals surface area contributed by atoms with Crippen LogP contribution in [0, 0.1) is 0 Å². The number of carbonyl (C=O) groups is 2. The normalized spacial score (nSPS) is 10.8. The summed E-state index contributed by atoms with van der Waals surface area (Å²) < 4.78 is 5.08. The van der Waals surface area contributed by atoms with E-state index in [1.165, 1.54) is 12.3 Å². The maximum Gasteiger partial charge on any atom is 0.270 e. The van der Waals surface area contributed by atoms with Crippen molar-refractivity contribution >= 4 is 17.5 Å². The smallest absolute Gasteiger partial charge is 0.270 e. The van der Waals surface area contributed by atoms with Crippen LogP contribution in [-0.4, -0.2) is 29.4 Å². The van der Waals surface area contributed by atoms with E-state index in [4.69, 9.17) is 4.74 Å². The van der Waals surface area contributed by atoms with Crippen LogP contribution >= 0.6 is 0 Å². The maximum absolute atomic E-state index is 12.3. The second-order valence-electron chi connectivity index (χ2n) is 6.32. The SMILES string of the molecule is COc1ccc(NC(=O)c2ccnc(C(=O)NC(C)(C)C)c2)cc1. The molecule has 0 unspecified atom stereocenters. The minimum absolute atomic E-state index is 0.201. The third-order valence-electron chi connectivity index (χ3n) is 3.09. The molecule has 1 aromatic heterocycles. The quantitative estimate of drug-likeness (QED) is 0.905. The zero-order valence-corrected chi connectivity index (χ0v) is 14.2. The Kier molecular flexibility index (Phi) is 5.18. The van der Waals surface area contributed by atoms with Gasteiger partial charge in [-0.2, -0.15) is 0 Å². The Morgan fingerprint density at radius 2 is 1.71 bits per heavy atom. The number of methoxy groups -OCH3 is 1. The molecular formula is C18H21N3O3. The fourth-order valence-electron chi connectivity index (χ4n) is 1.98. The number of aromatic nitrogens is 1. The Morgan fingerprint density at radius 1 is 1.04 bits per heavy atom. The van der Waals surface area contributed by atoms with Gasteiger partial charge in [-0.3, -0.25) is 14.6 Å². The van der Waals surface area contributed by atoms with Gasteiger partial charge in [-0.15, -0.1) is 0 Å². The molecule has 0 saturated heterocycles. The number of pyridine rings is 1. The topological polar surface area (TPSA) is 80.3 Å². The van der Waals surface area contributed by atoms with Crippen molar-refractivity contribution in [1.29, 1.82) is 0 Å². The number of benzene rings is 1. The highest BCUT2D eigenvalue weighted by Crippen LogP contribution is 2.16. The standard InChI is InChI=1S/C18H21N3O3/c1-18(2,3)21-17(23)15-11-12(9-10-19-15)16(22)20-13-5-7-14(24-4)8-6-13/h5-11H,1-4H3,(H,20,22)(H,21,23). The van der Waals surface area contributed by atoms with Crippen molar-refractivity contribution < 1.29 is 14.3 Å². The summed E-state index contributed by atoms with van der Waals surface area (Å²) >= 11 is 0.